The lowest BCUT2D eigenvalue weighted by Gasteiger charge is -2.34. The second-order valence-corrected chi connectivity index (χ2v) is 8.77. The van der Waals surface area contributed by atoms with Crippen LogP contribution in [0.4, 0.5) is 0 Å². The molecule has 0 spiro atoms. The van der Waals surface area contributed by atoms with Gasteiger partial charge >= 0.3 is 0 Å². The minimum absolute atomic E-state index is 0.0581. The molecule has 3 aromatic rings. The highest BCUT2D eigenvalue weighted by atomic mass is 32.1. The van der Waals surface area contributed by atoms with Crippen molar-refractivity contribution in [3.63, 3.8) is 0 Å². The summed E-state index contributed by atoms with van der Waals surface area (Å²) in [4.78, 5) is 18.6. The van der Waals surface area contributed by atoms with Gasteiger partial charge in [-0.25, -0.2) is 0 Å². The molecule has 0 unspecified atom stereocenters. The van der Waals surface area contributed by atoms with Gasteiger partial charge in [-0.2, -0.15) is 5.26 Å². The molecule has 1 aliphatic rings. The number of nitriles is 1. The molecular formula is C25H26N4OS. The fraction of sp³-hybridized carbons (Fsp3) is 0.280. The fourth-order valence-electron chi connectivity index (χ4n) is 3.88. The number of hydrogen-bond donors (Lipinski definition) is 1. The van der Waals surface area contributed by atoms with E-state index in [2.05, 4.69) is 39.4 Å². The monoisotopic (exact) mass is 430 g/mol. The van der Waals surface area contributed by atoms with Gasteiger partial charge in [-0.15, -0.1) is 11.3 Å². The van der Waals surface area contributed by atoms with Gasteiger partial charge in [-0.05, 0) is 34.7 Å². The molecule has 31 heavy (non-hydrogen) atoms. The van der Waals surface area contributed by atoms with Crippen molar-refractivity contribution < 1.29 is 4.79 Å². The zero-order valence-electron chi connectivity index (χ0n) is 17.4. The first-order valence-electron chi connectivity index (χ1n) is 10.5. The van der Waals surface area contributed by atoms with E-state index >= 15 is 0 Å². The molecule has 0 saturated carbocycles. The fourth-order valence-corrected chi connectivity index (χ4v) is 4.68. The summed E-state index contributed by atoms with van der Waals surface area (Å²) in [6.45, 7) is 4.90. The first kappa shape index (κ1) is 21.3. The molecule has 0 radical (unpaired) electrons. The molecule has 5 nitrogen and oxygen atoms in total. The number of rotatable bonds is 7. The summed E-state index contributed by atoms with van der Waals surface area (Å²) in [6.07, 6.45) is 0. The number of nitrogens with zero attached hydrogens (tertiary/aromatic N) is 3. The Balaban J connectivity index is 1.28. The first-order valence-corrected chi connectivity index (χ1v) is 11.4. The molecule has 1 N–H and O–H groups in total. The van der Waals surface area contributed by atoms with Crippen LogP contribution in [-0.2, 0) is 11.3 Å². The van der Waals surface area contributed by atoms with E-state index in [1.807, 2.05) is 53.9 Å². The highest BCUT2D eigenvalue weighted by Crippen LogP contribution is 2.25. The summed E-state index contributed by atoms with van der Waals surface area (Å²) < 4.78 is 0. The van der Waals surface area contributed by atoms with Crippen LogP contribution in [0.15, 0.2) is 72.1 Å². The van der Waals surface area contributed by atoms with Crippen LogP contribution in [-0.4, -0.2) is 48.4 Å². The van der Waals surface area contributed by atoms with E-state index in [1.165, 1.54) is 5.56 Å². The number of piperazine rings is 1. The van der Waals surface area contributed by atoms with E-state index in [-0.39, 0.29) is 11.9 Å². The minimum Gasteiger partial charge on any atom is -0.343 e. The van der Waals surface area contributed by atoms with Gasteiger partial charge < -0.3 is 5.32 Å². The van der Waals surface area contributed by atoms with Crippen LogP contribution in [0.5, 0.6) is 0 Å². The maximum Gasteiger partial charge on any atom is 0.234 e. The number of thiophene rings is 1. The van der Waals surface area contributed by atoms with Crippen molar-refractivity contribution in [3.8, 4) is 6.07 Å². The Hall–Kier alpha value is -2.98. The van der Waals surface area contributed by atoms with Gasteiger partial charge in [0.05, 0.1) is 24.2 Å². The largest absolute Gasteiger partial charge is 0.343 e. The Kier molecular flexibility index (Phi) is 7.11. The molecular weight excluding hydrogens is 404 g/mol. The summed E-state index contributed by atoms with van der Waals surface area (Å²) in [5, 5.41) is 14.2. The molecule has 1 aliphatic heterocycles. The normalized spacial score (nSPS) is 15.8. The quantitative estimate of drug-likeness (QED) is 0.622. The molecule has 2 heterocycles. The summed E-state index contributed by atoms with van der Waals surface area (Å²) >= 11 is 1.66. The van der Waals surface area contributed by atoms with E-state index in [1.54, 1.807) is 11.3 Å². The molecule has 1 aromatic heterocycles. The molecule has 2 aromatic carbocycles. The van der Waals surface area contributed by atoms with Gasteiger partial charge in [0.2, 0.25) is 5.91 Å². The predicted molar refractivity (Wildman–Crippen MR) is 124 cm³/mol. The topological polar surface area (TPSA) is 59.4 Å². The molecule has 1 atom stereocenters. The average Bonchev–Trinajstić information content (AvgIpc) is 3.34. The van der Waals surface area contributed by atoms with Gasteiger partial charge in [0.1, 0.15) is 0 Å². The van der Waals surface area contributed by atoms with Gasteiger partial charge in [0.25, 0.3) is 0 Å². The van der Waals surface area contributed by atoms with Gasteiger partial charge in [-0.3, -0.25) is 14.6 Å². The summed E-state index contributed by atoms with van der Waals surface area (Å²) in [6, 6.07) is 24.1. The Morgan fingerprint density at radius 3 is 2.32 bits per heavy atom. The third-order valence-electron chi connectivity index (χ3n) is 5.59. The molecule has 6 heteroatoms. The standard InChI is InChI=1S/C25H26N4OS/c26-17-20-8-10-21(11-9-20)18-28-12-14-29(15-13-28)19-24(30)27-25(23-7-4-16-31-23)22-5-2-1-3-6-22/h1-11,16,25H,12-15,18-19H2,(H,27,30)/t25-/m1/s1. The van der Waals surface area contributed by atoms with Crippen molar-refractivity contribution >= 4 is 17.2 Å². The average molecular weight is 431 g/mol. The third kappa shape index (κ3) is 5.80. The number of hydrogen-bond acceptors (Lipinski definition) is 5. The first-order chi connectivity index (χ1) is 15.2. The van der Waals surface area contributed by atoms with Crippen LogP contribution in [0, 0.1) is 11.3 Å². The van der Waals surface area contributed by atoms with Crippen molar-refractivity contribution in [2.24, 2.45) is 0 Å². The van der Waals surface area contributed by atoms with E-state index in [4.69, 9.17) is 5.26 Å². The molecule has 1 fully saturated rings. The summed E-state index contributed by atoms with van der Waals surface area (Å²) in [5.41, 5.74) is 3.01. The van der Waals surface area contributed by atoms with E-state index in [0.717, 1.165) is 43.2 Å². The molecule has 1 saturated heterocycles. The van der Waals surface area contributed by atoms with Crippen LogP contribution >= 0.6 is 11.3 Å². The lowest BCUT2D eigenvalue weighted by atomic mass is 10.1. The number of benzene rings is 2. The highest BCUT2D eigenvalue weighted by Gasteiger charge is 2.22. The number of nitrogens with one attached hydrogen (secondary N) is 1. The zero-order valence-corrected chi connectivity index (χ0v) is 18.2. The van der Waals surface area contributed by atoms with Crippen molar-refractivity contribution in [3.05, 3.63) is 93.7 Å². The second-order valence-electron chi connectivity index (χ2n) is 7.79. The van der Waals surface area contributed by atoms with Crippen LogP contribution in [0.2, 0.25) is 0 Å². The smallest absolute Gasteiger partial charge is 0.234 e. The number of amides is 1. The van der Waals surface area contributed by atoms with E-state index in [9.17, 15) is 4.79 Å². The van der Waals surface area contributed by atoms with Crippen LogP contribution < -0.4 is 5.32 Å². The van der Waals surface area contributed by atoms with E-state index < -0.39 is 0 Å². The zero-order chi connectivity index (χ0) is 21.5. The lowest BCUT2D eigenvalue weighted by molar-refractivity contribution is -0.123. The Morgan fingerprint density at radius 1 is 0.968 bits per heavy atom. The van der Waals surface area contributed by atoms with Crippen molar-refractivity contribution in [1.82, 2.24) is 15.1 Å². The molecule has 1 amide bonds. The maximum atomic E-state index is 12.8. The lowest BCUT2D eigenvalue weighted by Crippen LogP contribution is -2.49. The van der Waals surface area contributed by atoms with Crippen molar-refractivity contribution in [2.75, 3.05) is 32.7 Å². The van der Waals surface area contributed by atoms with Crippen molar-refractivity contribution in [2.45, 2.75) is 12.6 Å². The third-order valence-corrected chi connectivity index (χ3v) is 6.52. The van der Waals surface area contributed by atoms with Crippen LogP contribution in [0.25, 0.3) is 0 Å². The van der Waals surface area contributed by atoms with E-state index in [0.29, 0.717) is 12.1 Å². The Bertz CT molecular complexity index is 1000. The molecule has 0 bridgehead atoms. The molecule has 4 rings (SSSR count). The van der Waals surface area contributed by atoms with Gasteiger partial charge in [0, 0.05) is 37.6 Å². The maximum absolute atomic E-state index is 12.8. The summed E-state index contributed by atoms with van der Waals surface area (Å²) in [7, 11) is 0. The van der Waals surface area contributed by atoms with Crippen LogP contribution in [0.3, 0.4) is 0 Å². The minimum atomic E-state index is -0.105. The Labute approximate surface area is 187 Å². The molecule has 0 aliphatic carbocycles. The van der Waals surface area contributed by atoms with Gasteiger partial charge in [-0.1, -0.05) is 48.5 Å². The second kappa shape index (κ2) is 10.4. The Morgan fingerprint density at radius 2 is 1.68 bits per heavy atom. The highest BCUT2D eigenvalue weighted by molar-refractivity contribution is 7.10. The van der Waals surface area contributed by atoms with Crippen LogP contribution in [0.1, 0.15) is 27.6 Å². The molecule has 158 valence electrons. The number of carbonyl (C=O) groups is 1. The van der Waals surface area contributed by atoms with Crippen molar-refractivity contribution in [1.29, 1.82) is 5.26 Å². The van der Waals surface area contributed by atoms with Gasteiger partial charge in [0.15, 0.2) is 0 Å². The SMILES string of the molecule is N#Cc1ccc(CN2CCN(CC(=O)N[C@H](c3ccccc3)c3cccs3)CC2)cc1. The predicted octanol–water partition coefficient (Wildman–Crippen LogP) is 3.64. The number of carbonyl (C=O) groups excluding carboxylic acids is 1. The summed E-state index contributed by atoms with van der Waals surface area (Å²) in [5.74, 6) is 0.0581.